The van der Waals surface area contributed by atoms with Crippen LogP contribution in [0.3, 0.4) is 0 Å². The molecule has 9 heteroatoms. The molecule has 242 valence electrons. The summed E-state index contributed by atoms with van der Waals surface area (Å²) in [4.78, 5) is 27.9. The number of aryl methyl sites for hydroxylation is 1. The van der Waals surface area contributed by atoms with Crippen LogP contribution in [-0.4, -0.2) is 57.0 Å². The fourth-order valence-electron chi connectivity index (χ4n) is 6.35. The van der Waals surface area contributed by atoms with Crippen LogP contribution in [0.5, 0.6) is 0 Å². The zero-order valence-corrected chi connectivity index (χ0v) is 28.2. The Labute approximate surface area is 271 Å². The van der Waals surface area contributed by atoms with Crippen LogP contribution in [0.1, 0.15) is 38.1 Å². The van der Waals surface area contributed by atoms with Crippen LogP contribution in [0, 0.1) is 12.8 Å². The number of benzene rings is 3. The summed E-state index contributed by atoms with van der Waals surface area (Å²) in [6, 6.07) is 31.0. The lowest BCUT2D eigenvalue weighted by Crippen LogP contribution is -2.67. The number of aromatic amines is 1. The van der Waals surface area contributed by atoms with E-state index in [0.717, 1.165) is 5.56 Å². The second-order valence-corrected chi connectivity index (χ2v) is 17.0. The highest BCUT2D eigenvalue weighted by molar-refractivity contribution is 6.99. The van der Waals surface area contributed by atoms with Gasteiger partial charge in [0.25, 0.3) is 13.9 Å². The number of nitrogens with one attached hydrogen (secondary N) is 1. The first kappa shape index (κ1) is 33.5. The van der Waals surface area contributed by atoms with Crippen LogP contribution in [-0.2, 0) is 18.6 Å². The zero-order valence-electron chi connectivity index (χ0n) is 27.2. The van der Waals surface area contributed by atoms with Gasteiger partial charge >= 0.3 is 5.69 Å². The Hall–Kier alpha value is -3.86. The lowest BCUT2D eigenvalue weighted by Gasteiger charge is -2.43. The van der Waals surface area contributed by atoms with Crippen LogP contribution in [0.25, 0.3) is 6.08 Å². The SMILES string of the molecule is COCCO[C@@H]1[C@H](C=Cc2ccccc2)[C@@H](CO[Si](c2ccccc2)(c2ccccc2)C(C)(C)C)O[C@H]1n1cc(C)c(=O)[nH]c1=O. The molecule has 46 heavy (non-hydrogen) atoms. The molecule has 0 aliphatic carbocycles. The summed E-state index contributed by atoms with van der Waals surface area (Å²) in [5, 5.41) is 2.10. The molecule has 0 bridgehead atoms. The van der Waals surface area contributed by atoms with Gasteiger partial charge in [0.1, 0.15) is 6.10 Å². The number of ether oxygens (including phenoxy) is 3. The molecule has 0 unspecified atom stereocenters. The molecule has 0 spiro atoms. The van der Waals surface area contributed by atoms with Gasteiger partial charge in [-0.25, -0.2) is 4.79 Å². The Morgan fingerprint density at radius 1 is 0.891 bits per heavy atom. The quantitative estimate of drug-likeness (QED) is 0.179. The highest BCUT2D eigenvalue weighted by Gasteiger charge is 2.52. The van der Waals surface area contributed by atoms with E-state index in [0.29, 0.717) is 18.8 Å². The van der Waals surface area contributed by atoms with E-state index in [2.05, 4.69) is 86.4 Å². The molecule has 0 amide bonds. The molecule has 1 aromatic heterocycles. The molecule has 1 fully saturated rings. The molecule has 1 aliphatic heterocycles. The van der Waals surface area contributed by atoms with E-state index in [1.807, 2.05) is 42.5 Å². The second kappa shape index (κ2) is 14.7. The number of H-pyrrole nitrogens is 1. The third-order valence-corrected chi connectivity index (χ3v) is 13.6. The molecular weight excluding hydrogens is 597 g/mol. The minimum absolute atomic E-state index is 0.232. The highest BCUT2D eigenvalue weighted by atomic mass is 28.4. The first-order valence-corrected chi connectivity index (χ1v) is 17.6. The van der Waals surface area contributed by atoms with Crippen molar-refractivity contribution < 1.29 is 18.6 Å². The molecule has 4 atom stereocenters. The molecule has 3 aromatic carbocycles. The van der Waals surface area contributed by atoms with Gasteiger partial charge in [-0.05, 0) is 27.9 Å². The van der Waals surface area contributed by atoms with Gasteiger partial charge in [0.2, 0.25) is 0 Å². The molecule has 2 heterocycles. The molecule has 1 N–H and O–H groups in total. The van der Waals surface area contributed by atoms with Crippen molar-refractivity contribution in [3.05, 3.63) is 135 Å². The van der Waals surface area contributed by atoms with Crippen LogP contribution >= 0.6 is 0 Å². The van der Waals surface area contributed by atoms with E-state index in [1.165, 1.54) is 14.9 Å². The third kappa shape index (κ3) is 7.09. The van der Waals surface area contributed by atoms with E-state index < -0.39 is 38.0 Å². The summed E-state index contributed by atoms with van der Waals surface area (Å²) < 4.78 is 27.3. The maximum atomic E-state index is 13.2. The van der Waals surface area contributed by atoms with Crippen LogP contribution in [0.15, 0.2) is 113 Å². The first-order valence-electron chi connectivity index (χ1n) is 15.7. The van der Waals surface area contributed by atoms with E-state index in [9.17, 15) is 9.59 Å². The Morgan fingerprint density at radius 2 is 1.48 bits per heavy atom. The predicted molar refractivity (Wildman–Crippen MR) is 184 cm³/mol. The number of hydrogen-bond acceptors (Lipinski definition) is 6. The molecular formula is C37H44N2O6Si. The molecule has 1 aliphatic rings. The van der Waals surface area contributed by atoms with Crippen LogP contribution in [0.2, 0.25) is 5.04 Å². The van der Waals surface area contributed by atoms with Crippen LogP contribution < -0.4 is 21.6 Å². The van der Waals surface area contributed by atoms with Crippen molar-refractivity contribution in [1.82, 2.24) is 9.55 Å². The lowest BCUT2D eigenvalue weighted by molar-refractivity contribution is -0.0783. The Morgan fingerprint density at radius 3 is 2.04 bits per heavy atom. The average molecular weight is 641 g/mol. The van der Waals surface area contributed by atoms with Gasteiger partial charge in [0.05, 0.1) is 25.9 Å². The van der Waals surface area contributed by atoms with Crippen molar-refractivity contribution >= 4 is 24.8 Å². The van der Waals surface area contributed by atoms with Gasteiger partial charge < -0.3 is 18.6 Å². The van der Waals surface area contributed by atoms with E-state index in [4.69, 9.17) is 18.6 Å². The summed E-state index contributed by atoms with van der Waals surface area (Å²) in [6.45, 7) is 9.32. The molecule has 8 nitrogen and oxygen atoms in total. The van der Waals surface area contributed by atoms with E-state index in [-0.39, 0.29) is 17.6 Å². The van der Waals surface area contributed by atoms with Crippen molar-refractivity contribution in [2.75, 3.05) is 26.9 Å². The predicted octanol–water partition coefficient (Wildman–Crippen LogP) is 4.68. The van der Waals surface area contributed by atoms with Crippen molar-refractivity contribution in [3.8, 4) is 0 Å². The van der Waals surface area contributed by atoms with Crippen molar-refractivity contribution in [3.63, 3.8) is 0 Å². The number of aromatic nitrogens is 2. The van der Waals surface area contributed by atoms with Crippen molar-refractivity contribution in [2.45, 2.75) is 51.2 Å². The van der Waals surface area contributed by atoms with Crippen LogP contribution in [0.4, 0.5) is 0 Å². The van der Waals surface area contributed by atoms with Gasteiger partial charge in [-0.1, -0.05) is 124 Å². The number of hydrogen-bond donors (Lipinski definition) is 1. The number of rotatable bonds is 12. The van der Waals surface area contributed by atoms with Crippen molar-refractivity contribution in [2.24, 2.45) is 5.92 Å². The van der Waals surface area contributed by atoms with Gasteiger partial charge in [-0.2, -0.15) is 0 Å². The number of methoxy groups -OCH3 is 1. The zero-order chi connectivity index (χ0) is 32.7. The van der Waals surface area contributed by atoms with Crippen molar-refractivity contribution in [1.29, 1.82) is 0 Å². The topological polar surface area (TPSA) is 91.8 Å². The first-order chi connectivity index (χ1) is 22.2. The molecule has 0 radical (unpaired) electrons. The highest BCUT2D eigenvalue weighted by Crippen LogP contribution is 2.40. The lowest BCUT2D eigenvalue weighted by atomic mass is 9.96. The van der Waals surface area contributed by atoms with Gasteiger partial charge in [-0.15, -0.1) is 0 Å². The average Bonchev–Trinajstić information content (AvgIpc) is 3.39. The monoisotopic (exact) mass is 640 g/mol. The normalized spacial score (nSPS) is 20.4. The third-order valence-electron chi connectivity index (χ3n) is 8.61. The molecule has 1 saturated heterocycles. The standard InChI is InChI=1S/C37H44N2O6Si/c1-27-25-39(36(41)38-34(27)40)35-33(43-24-23-42-5)31(22-21-28-15-9-6-10-16-28)32(45-35)26-44-46(37(2,3)4,29-17-11-7-12-18-29)30-19-13-8-14-20-30/h6-22,25,31-33,35H,23-24,26H2,1-5H3,(H,38,40,41)/t31-,32-,33-,35-/m1/s1. The maximum Gasteiger partial charge on any atom is 0.330 e. The Kier molecular flexibility index (Phi) is 10.7. The Balaban J connectivity index is 1.60. The minimum atomic E-state index is -2.90. The fraction of sp³-hybridized carbons (Fsp3) is 0.351. The smallest absolute Gasteiger partial charge is 0.330 e. The Bertz CT molecular complexity index is 1660. The van der Waals surface area contributed by atoms with E-state index >= 15 is 0 Å². The van der Waals surface area contributed by atoms with E-state index in [1.54, 1.807) is 20.2 Å². The summed E-state index contributed by atoms with van der Waals surface area (Å²) >= 11 is 0. The van der Waals surface area contributed by atoms with Gasteiger partial charge in [0.15, 0.2) is 6.23 Å². The maximum absolute atomic E-state index is 13.2. The molecule has 5 rings (SSSR count). The largest absolute Gasteiger partial charge is 0.405 e. The summed E-state index contributed by atoms with van der Waals surface area (Å²) in [7, 11) is -1.28. The minimum Gasteiger partial charge on any atom is -0.405 e. The van der Waals surface area contributed by atoms with Gasteiger partial charge in [0, 0.05) is 24.8 Å². The summed E-state index contributed by atoms with van der Waals surface area (Å²) in [5.74, 6) is -0.292. The second-order valence-electron chi connectivity index (χ2n) is 12.7. The fourth-order valence-corrected chi connectivity index (χ4v) is 10.9. The molecule has 4 aromatic rings. The summed E-state index contributed by atoms with van der Waals surface area (Å²) in [5.41, 5.74) is 0.455. The summed E-state index contributed by atoms with van der Waals surface area (Å²) in [6.07, 6.45) is 3.85. The molecule has 0 saturated carbocycles. The number of nitrogens with zero attached hydrogens (tertiary/aromatic N) is 1. The van der Waals surface area contributed by atoms with Gasteiger partial charge in [-0.3, -0.25) is 14.3 Å².